The number of aromatic nitrogens is 1. The number of fused-ring (bicyclic) bond motifs is 3. The maximum absolute atomic E-state index is 2.74. The number of rotatable bonds is 7. The van der Waals surface area contributed by atoms with Crippen LogP contribution in [0, 0.1) is 0 Å². The average Bonchev–Trinajstić information content (AvgIpc) is 3.40. The van der Waals surface area contributed by atoms with Crippen LogP contribution in [0.1, 0.15) is 0 Å². The molecule has 0 aliphatic heterocycles. The molecule has 7 aromatic rings. The highest BCUT2D eigenvalue weighted by atomic mass is 28.3. The highest BCUT2D eigenvalue weighted by Crippen LogP contribution is 2.32. The number of hydrogen-bond donors (Lipinski definition) is 0. The standard InChI is InChI=1S/C40H37N3Si/c1-41(2)30-19-23-34(24-20-30)44(33-15-9-6-10-16-33,35-25-21-31(22-26-35)42(3)4)36-27-28-40-38(29-36)37-17-11-12-18-39(37)43(40)32-13-7-5-8-14-32/h5-29H,1-4H3. The number of benzene rings is 6. The third-order valence-corrected chi connectivity index (χ3v) is 13.7. The molecule has 0 aliphatic carbocycles. The Morgan fingerprint density at radius 2 is 0.864 bits per heavy atom. The lowest BCUT2D eigenvalue weighted by atomic mass is 10.1. The van der Waals surface area contributed by atoms with Crippen molar-refractivity contribution in [2.75, 3.05) is 38.0 Å². The Bertz CT molecular complexity index is 1990. The molecule has 44 heavy (non-hydrogen) atoms. The number of anilines is 2. The van der Waals surface area contributed by atoms with Gasteiger partial charge in [-0.3, -0.25) is 0 Å². The van der Waals surface area contributed by atoms with E-state index in [0.717, 1.165) is 0 Å². The minimum absolute atomic E-state index is 1.18. The van der Waals surface area contributed by atoms with Crippen LogP contribution in [0.2, 0.25) is 0 Å². The molecule has 1 aromatic heterocycles. The summed E-state index contributed by atoms with van der Waals surface area (Å²) in [5.41, 5.74) is 6.03. The van der Waals surface area contributed by atoms with Crippen LogP contribution in [-0.2, 0) is 0 Å². The second-order valence-electron chi connectivity index (χ2n) is 11.9. The maximum Gasteiger partial charge on any atom is 0.179 e. The number of nitrogens with zero attached hydrogens (tertiary/aromatic N) is 3. The lowest BCUT2D eigenvalue weighted by molar-refractivity contribution is 1.13. The summed E-state index contributed by atoms with van der Waals surface area (Å²) in [6.45, 7) is 0. The first-order valence-electron chi connectivity index (χ1n) is 15.2. The monoisotopic (exact) mass is 587 g/mol. The number of hydrogen-bond acceptors (Lipinski definition) is 2. The van der Waals surface area contributed by atoms with Gasteiger partial charge in [-0.15, -0.1) is 0 Å². The molecule has 0 spiro atoms. The SMILES string of the molecule is CN(C)c1ccc([Si](c2ccccc2)(c2ccc(N(C)C)cc2)c2ccc3c(c2)c2ccccc2n3-c2ccccc2)cc1. The van der Waals surface area contributed by atoms with Crippen molar-refractivity contribution in [3.05, 3.63) is 152 Å². The van der Waals surface area contributed by atoms with Gasteiger partial charge in [-0.25, -0.2) is 0 Å². The Morgan fingerprint density at radius 1 is 0.409 bits per heavy atom. The molecule has 1 heterocycles. The summed E-state index contributed by atoms with van der Waals surface area (Å²) >= 11 is 0. The molecule has 0 radical (unpaired) electrons. The van der Waals surface area contributed by atoms with Crippen LogP contribution in [-0.4, -0.2) is 40.8 Å². The first-order chi connectivity index (χ1) is 21.5. The quantitative estimate of drug-likeness (QED) is 0.160. The molecule has 3 nitrogen and oxygen atoms in total. The molecule has 6 aromatic carbocycles. The van der Waals surface area contributed by atoms with E-state index in [1.165, 1.54) is 59.6 Å². The van der Waals surface area contributed by atoms with Crippen LogP contribution in [0.4, 0.5) is 11.4 Å². The summed E-state index contributed by atoms with van der Waals surface area (Å²) in [5, 5.41) is 8.06. The molecule has 0 amide bonds. The van der Waals surface area contributed by atoms with Gasteiger partial charge in [0.05, 0.1) is 11.0 Å². The van der Waals surface area contributed by atoms with Crippen molar-refractivity contribution in [2.24, 2.45) is 0 Å². The van der Waals surface area contributed by atoms with Crippen molar-refractivity contribution in [2.45, 2.75) is 0 Å². The van der Waals surface area contributed by atoms with Gasteiger partial charge in [0.15, 0.2) is 8.07 Å². The maximum atomic E-state index is 2.50. The fourth-order valence-corrected chi connectivity index (χ4v) is 11.5. The second kappa shape index (κ2) is 11.2. The molecule has 0 saturated carbocycles. The Kier molecular flexibility index (Phi) is 7.07. The van der Waals surface area contributed by atoms with Gasteiger partial charge in [0.25, 0.3) is 0 Å². The fraction of sp³-hybridized carbons (Fsp3) is 0.100. The minimum Gasteiger partial charge on any atom is -0.378 e. The summed E-state index contributed by atoms with van der Waals surface area (Å²) in [4.78, 5) is 4.35. The summed E-state index contributed by atoms with van der Waals surface area (Å²) < 4.78 is 2.40. The average molecular weight is 588 g/mol. The summed E-state index contributed by atoms with van der Waals surface area (Å²) in [5.74, 6) is 0. The third-order valence-electron chi connectivity index (χ3n) is 8.96. The fourth-order valence-electron chi connectivity index (χ4n) is 6.77. The third kappa shape index (κ3) is 4.50. The zero-order valence-corrected chi connectivity index (χ0v) is 26.8. The normalized spacial score (nSPS) is 11.6. The van der Waals surface area contributed by atoms with Crippen molar-refractivity contribution in [3.8, 4) is 5.69 Å². The Balaban J connectivity index is 1.58. The largest absolute Gasteiger partial charge is 0.378 e. The highest BCUT2D eigenvalue weighted by molar-refractivity contribution is 7.20. The predicted octanol–water partition coefficient (Wildman–Crippen LogP) is 6.29. The van der Waals surface area contributed by atoms with Crippen LogP contribution in [0.5, 0.6) is 0 Å². The molecule has 4 heteroatoms. The zero-order valence-electron chi connectivity index (χ0n) is 25.8. The highest BCUT2D eigenvalue weighted by Gasteiger charge is 2.42. The lowest BCUT2D eigenvalue weighted by Crippen LogP contribution is -2.74. The predicted molar refractivity (Wildman–Crippen MR) is 193 cm³/mol. The molecular weight excluding hydrogens is 551 g/mol. The van der Waals surface area contributed by atoms with Crippen molar-refractivity contribution in [1.29, 1.82) is 0 Å². The van der Waals surface area contributed by atoms with E-state index in [1.54, 1.807) is 0 Å². The van der Waals surface area contributed by atoms with Crippen LogP contribution >= 0.6 is 0 Å². The van der Waals surface area contributed by atoms with Gasteiger partial charge in [-0.2, -0.15) is 0 Å². The molecule has 0 atom stereocenters. The van der Waals surface area contributed by atoms with E-state index in [4.69, 9.17) is 0 Å². The topological polar surface area (TPSA) is 11.4 Å². The molecule has 0 N–H and O–H groups in total. The zero-order chi connectivity index (χ0) is 30.3. The number of para-hydroxylation sites is 2. The second-order valence-corrected chi connectivity index (χ2v) is 15.7. The van der Waals surface area contributed by atoms with E-state index in [-0.39, 0.29) is 0 Å². The van der Waals surface area contributed by atoms with Gasteiger partial charge < -0.3 is 14.4 Å². The summed E-state index contributed by atoms with van der Waals surface area (Å²) in [7, 11) is 5.68. The molecule has 216 valence electrons. The molecule has 0 fully saturated rings. The summed E-state index contributed by atoms with van der Waals surface area (Å²) in [6, 6.07) is 56.5. The van der Waals surface area contributed by atoms with E-state index in [9.17, 15) is 0 Å². The summed E-state index contributed by atoms with van der Waals surface area (Å²) in [6.07, 6.45) is 0. The minimum atomic E-state index is -2.74. The van der Waals surface area contributed by atoms with Crippen LogP contribution < -0.4 is 30.5 Å². The van der Waals surface area contributed by atoms with Crippen LogP contribution in [0.3, 0.4) is 0 Å². The van der Waals surface area contributed by atoms with E-state index < -0.39 is 8.07 Å². The van der Waals surface area contributed by atoms with Crippen molar-refractivity contribution in [3.63, 3.8) is 0 Å². The Labute approximate surface area is 261 Å². The van der Waals surface area contributed by atoms with Gasteiger partial charge in [0.1, 0.15) is 0 Å². The van der Waals surface area contributed by atoms with Crippen LogP contribution in [0.15, 0.2) is 152 Å². The van der Waals surface area contributed by atoms with E-state index in [0.29, 0.717) is 0 Å². The van der Waals surface area contributed by atoms with Gasteiger partial charge in [-0.1, -0.05) is 103 Å². The lowest BCUT2D eigenvalue weighted by Gasteiger charge is -2.35. The molecule has 0 saturated heterocycles. The van der Waals surface area contributed by atoms with E-state index in [2.05, 4.69) is 194 Å². The Hall–Kier alpha value is -5.06. The molecule has 0 aliphatic rings. The van der Waals surface area contributed by atoms with Crippen molar-refractivity contribution >= 4 is 62.0 Å². The van der Waals surface area contributed by atoms with Gasteiger partial charge >= 0.3 is 0 Å². The molecule has 0 bridgehead atoms. The van der Waals surface area contributed by atoms with Crippen molar-refractivity contribution < 1.29 is 0 Å². The smallest absolute Gasteiger partial charge is 0.179 e. The van der Waals surface area contributed by atoms with E-state index in [1.807, 2.05) is 0 Å². The first-order valence-corrected chi connectivity index (χ1v) is 17.2. The molecule has 0 unspecified atom stereocenters. The van der Waals surface area contributed by atoms with Gasteiger partial charge in [-0.05, 0) is 69.3 Å². The first kappa shape index (κ1) is 27.8. The van der Waals surface area contributed by atoms with Gasteiger partial charge in [0.2, 0.25) is 0 Å². The molecule has 7 rings (SSSR count). The van der Waals surface area contributed by atoms with E-state index >= 15 is 0 Å². The van der Waals surface area contributed by atoms with Crippen molar-refractivity contribution in [1.82, 2.24) is 4.57 Å². The van der Waals surface area contributed by atoms with Gasteiger partial charge in [0, 0.05) is 56.0 Å². The molecular formula is C40H37N3Si. The Morgan fingerprint density at radius 3 is 1.43 bits per heavy atom. The van der Waals surface area contributed by atoms with Crippen LogP contribution in [0.25, 0.3) is 27.5 Å².